The van der Waals surface area contributed by atoms with E-state index in [9.17, 15) is 19.7 Å². The summed E-state index contributed by atoms with van der Waals surface area (Å²) in [6.45, 7) is -0.597. The van der Waals surface area contributed by atoms with Crippen molar-refractivity contribution in [1.82, 2.24) is 4.98 Å². The first-order valence-electron chi connectivity index (χ1n) is 8.28. The van der Waals surface area contributed by atoms with Crippen LogP contribution in [0.3, 0.4) is 0 Å². The first-order valence-corrected chi connectivity index (χ1v) is 9.16. The van der Waals surface area contributed by atoms with Gasteiger partial charge >= 0.3 is 5.97 Å². The van der Waals surface area contributed by atoms with Gasteiger partial charge in [0.2, 0.25) is 0 Å². The van der Waals surface area contributed by atoms with E-state index in [1.54, 1.807) is 25.3 Å². The summed E-state index contributed by atoms with van der Waals surface area (Å²) in [7, 11) is 1.57. The number of aromatic nitrogens is 1. The number of nitrogens with one attached hydrogen (secondary N) is 1. The van der Waals surface area contributed by atoms with Gasteiger partial charge in [-0.15, -0.1) is 11.3 Å². The van der Waals surface area contributed by atoms with Crippen LogP contribution in [0.25, 0.3) is 10.6 Å². The third-order valence-corrected chi connectivity index (χ3v) is 4.65. The quantitative estimate of drug-likeness (QED) is 0.357. The van der Waals surface area contributed by atoms with Gasteiger partial charge in [-0.05, 0) is 30.3 Å². The molecular formula is C19H15N3O6S. The third kappa shape index (κ3) is 4.93. The molecule has 3 rings (SSSR count). The number of nitro groups is 1. The Bertz CT molecular complexity index is 1050. The lowest BCUT2D eigenvalue weighted by Gasteiger charge is -2.06. The molecule has 9 nitrogen and oxygen atoms in total. The van der Waals surface area contributed by atoms with E-state index >= 15 is 0 Å². The van der Waals surface area contributed by atoms with Crippen LogP contribution >= 0.6 is 11.3 Å². The summed E-state index contributed by atoms with van der Waals surface area (Å²) < 4.78 is 10.1. The van der Waals surface area contributed by atoms with Gasteiger partial charge in [0.05, 0.1) is 12.0 Å². The van der Waals surface area contributed by atoms with Gasteiger partial charge in [-0.1, -0.05) is 12.1 Å². The average molecular weight is 413 g/mol. The summed E-state index contributed by atoms with van der Waals surface area (Å²) in [5, 5.41) is 15.5. The zero-order valence-electron chi connectivity index (χ0n) is 15.2. The Hall–Kier alpha value is -3.79. The van der Waals surface area contributed by atoms with Crippen LogP contribution in [0.15, 0.2) is 53.9 Å². The molecule has 0 saturated heterocycles. The number of amides is 1. The highest BCUT2D eigenvalue weighted by Gasteiger charge is 2.18. The van der Waals surface area contributed by atoms with Crippen LogP contribution in [0, 0.1) is 10.1 Å². The average Bonchev–Trinajstić information content (AvgIpc) is 3.22. The number of methoxy groups -OCH3 is 1. The van der Waals surface area contributed by atoms with Crippen LogP contribution in [0.5, 0.6) is 5.75 Å². The van der Waals surface area contributed by atoms with Gasteiger partial charge in [0.15, 0.2) is 12.3 Å². The van der Waals surface area contributed by atoms with Gasteiger partial charge in [0.25, 0.3) is 11.6 Å². The second-order valence-corrected chi connectivity index (χ2v) is 6.52. The van der Waals surface area contributed by atoms with E-state index in [1.165, 1.54) is 34.9 Å². The molecule has 2 aromatic carbocycles. The monoisotopic (exact) mass is 413 g/mol. The van der Waals surface area contributed by atoms with Crippen molar-refractivity contribution in [2.45, 2.75) is 0 Å². The van der Waals surface area contributed by atoms with E-state index in [2.05, 4.69) is 10.3 Å². The fraction of sp³-hybridized carbons (Fsp3) is 0.105. The van der Waals surface area contributed by atoms with Crippen LogP contribution in [0.1, 0.15) is 10.5 Å². The highest BCUT2D eigenvalue weighted by molar-refractivity contribution is 7.13. The molecule has 0 spiro atoms. The van der Waals surface area contributed by atoms with E-state index in [1.807, 2.05) is 12.1 Å². The topological polar surface area (TPSA) is 121 Å². The number of hydrogen-bond donors (Lipinski definition) is 1. The largest absolute Gasteiger partial charge is 0.497 e. The van der Waals surface area contributed by atoms with E-state index in [0.717, 1.165) is 5.56 Å². The maximum Gasteiger partial charge on any atom is 0.358 e. The Balaban J connectivity index is 1.59. The molecule has 29 heavy (non-hydrogen) atoms. The Labute approximate surface area is 169 Å². The number of anilines is 1. The lowest BCUT2D eigenvalue weighted by atomic mass is 10.2. The van der Waals surface area contributed by atoms with E-state index in [4.69, 9.17) is 9.47 Å². The van der Waals surface area contributed by atoms with Gasteiger partial charge in [-0.2, -0.15) is 0 Å². The molecule has 0 aliphatic rings. The standard InChI is InChI=1S/C19H15N3O6S/c1-27-13-8-6-12(7-9-13)18-21-15(11-29-18)19(24)28-10-17(23)20-14-4-2-3-5-16(14)22(25)26/h2-9,11H,10H2,1H3,(H,20,23). The summed E-state index contributed by atoms with van der Waals surface area (Å²) in [5.41, 5.74) is 0.646. The molecule has 0 saturated carbocycles. The van der Waals surface area contributed by atoms with Crippen molar-refractivity contribution in [3.8, 4) is 16.3 Å². The van der Waals surface area contributed by atoms with Gasteiger partial charge < -0.3 is 14.8 Å². The highest BCUT2D eigenvalue weighted by Crippen LogP contribution is 2.26. The van der Waals surface area contributed by atoms with Gasteiger partial charge in [0, 0.05) is 17.0 Å². The van der Waals surface area contributed by atoms with Crippen molar-refractivity contribution in [1.29, 1.82) is 0 Å². The van der Waals surface area contributed by atoms with Crippen LogP contribution in [-0.4, -0.2) is 35.5 Å². The van der Waals surface area contributed by atoms with Crippen molar-refractivity contribution in [3.05, 3.63) is 69.7 Å². The number of benzene rings is 2. The summed E-state index contributed by atoms with van der Waals surface area (Å²) in [4.78, 5) is 38.7. The fourth-order valence-electron chi connectivity index (χ4n) is 2.36. The molecule has 0 fully saturated rings. The van der Waals surface area contributed by atoms with Crippen molar-refractivity contribution in [2.24, 2.45) is 0 Å². The molecule has 1 N–H and O–H groups in total. The number of nitrogens with zero attached hydrogens (tertiary/aromatic N) is 2. The van der Waals surface area contributed by atoms with Gasteiger partial charge in [-0.25, -0.2) is 9.78 Å². The minimum absolute atomic E-state index is 0.0222. The normalized spacial score (nSPS) is 10.2. The van der Waals surface area contributed by atoms with Crippen LogP contribution in [-0.2, 0) is 9.53 Å². The molecule has 1 heterocycles. The number of carbonyl (C=O) groups excluding carboxylic acids is 2. The Morgan fingerprint density at radius 2 is 1.90 bits per heavy atom. The Morgan fingerprint density at radius 3 is 2.59 bits per heavy atom. The number of ether oxygens (including phenoxy) is 2. The molecular weight excluding hydrogens is 398 g/mol. The van der Waals surface area contributed by atoms with Crippen LogP contribution in [0.2, 0.25) is 0 Å². The lowest BCUT2D eigenvalue weighted by Crippen LogP contribution is -2.21. The molecule has 0 aliphatic carbocycles. The SMILES string of the molecule is COc1ccc(-c2nc(C(=O)OCC(=O)Nc3ccccc3[N+](=O)[O-])cs2)cc1. The van der Waals surface area contributed by atoms with Gasteiger partial charge in [0.1, 0.15) is 16.4 Å². The zero-order chi connectivity index (χ0) is 20.8. The summed E-state index contributed by atoms with van der Waals surface area (Å²) in [6, 6.07) is 12.9. The van der Waals surface area contributed by atoms with E-state index < -0.39 is 23.4 Å². The van der Waals surface area contributed by atoms with Crippen molar-refractivity contribution in [3.63, 3.8) is 0 Å². The molecule has 0 unspecified atom stereocenters. The Kier molecular flexibility index (Phi) is 6.15. The maximum atomic E-state index is 12.1. The molecule has 0 radical (unpaired) electrons. The first kappa shape index (κ1) is 20.0. The van der Waals surface area contributed by atoms with Crippen molar-refractivity contribution < 1.29 is 24.0 Å². The smallest absolute Gasteiger partial charge is 0.358 e. The number of thiazole rings is 1. The molecule has 0 aliphatic heterocycles. The number of carbonyl (C=O) groups is 2. The number of esters is 1. The highest BCUT2D eigenvalue weighted by atomic mass is 32.1. The van der Waals surface area contributed by atoms with Crippen molar-refractivity contribution >= 4 is 34.6 Å². The summed E-state index contributed by atoms with van der Waals surface area (Å²) in [6.07, 6.45) is 0. The predicted molar refractivity (Wildman–Crippen MR) is 106 cm³/mol. The third-order valence-electron chi connectivity index (χ3n) is 3.76. The van der Waals surface area contributed by atoms with E-state index in [0.29, 0.717) is 10.8 Å². The molecule has 10 heteroatoms. The number of hydrogen-bond acceptors (Lipinski definition) is 8. The second kappa shape index (κ2) is 8.93. The maximum absolute atomic E-state index is 12.1. The zero-order valence-corrected chi connectivity index (χ0v) is 16.0. The molecule has 0 atom stereocenters. The summed E-state index contributed by atoms with van der Waals surface area (Å²) in [5.74, 6) is -0.758. The molecule has 1 amide bonds. The minimum Gasteiger partial charge on any atom is -0.497 e. The summed E-state index contributed by atoms with van der Waals surface area (Å²) >= 11 is 1.26. The number of rotatable bonds is 7. The first-order chi connectivity index (χ1) is 14.0. The van der Waals surface area contributed by atoms with Crippen LogP contribution in [0.4, 0.5) is 11.4 Å². The van der Waals surface area contributed by atoms with Crippen LogP contribution < -0.4 is 10.1 Å². The second-order valence-electron chi connectivity index (χ2n) is 5.66. The minimum atomic E-state index is -0.765. The molecule has 3 aromatic rings. The Morgan fingerprint density at radius 1 is 1.17 bits per heavy atom. The van der Waals surface area contributed by atoms with Crippen molar-refractivity contribution in [2.75, 3.05) is 19.0 Å². The molecule has 1 aromatic heterocycles. The van der Waals surface area contributed by atoms with Gasteiger partial charge in [-0.3, -0.25) is 14.9 Å². The number of nitro benzene ring substituents is 1. The fourth-order valence-corrected chi connectivity index (χ4v) is 3.16. The predicted octanol–water partition coefficient (Wildman–Crippen LogP) is 3.52. The molecule has 0 bridgehead atoms. The lowest BCUT2D eigenvalue weighted by molar-refractivity contribution is -0.383. The molecule has 148 valence electrons. The van der Waals surface area contributed by atoms with E-state index in [-0.39, 0.29) is 17.1 Å². The number of para-hydroxylation sites is 2.